The predicted molar refractivity (Wildman–Crippen MR) is 83.7 cm³/mol. The number of hydrogen-bond donors (Lipinski definition) is 1. The lowest BCUT2D eigenvalue weighted by molar-refractivity contribution is 0.0893. The fourth-order valence-corrected chi connectivity index (χ4v) is 3.98. The van der Waals surface area contributed by atoms with Crippen molar-refractivity contribution >= 4 is 16.5 Å². The molecule has 1 aliphatic heterocycles. The Bertz CT molecular complexity index is 444. The molecule has 2 heterocycles. The van der Waals surface area contributed by atoms with Crippen molar-refractivity contribution in [1.29, 1.82) is 0 Å². The summed E-state index contributed by atoms with van der Waals surface area (Å²) in [6.07, 6.45) is 5.40. The van der Waals surface area contributed by atoms with Gasteiger partial charge in [-0.3, -0.25) is 0 Å². The first-order chi connectivity index (χ1) is 9.81. The van der Waals surface area contributed by atoms with Crippen molar-refractivity contribution in [2.24, 2.45) is 0 Å². The summed E-state index contributed by atoms with van der Waals surface area (Å²) in [5.74, 6) is 0.733. The molecule has 0 radical (unpaired) electrons. The largest absolute Gasteiger partial charge is 0.380 e. The molecule has 2 aliphatic rings. The molecule has 20 heavy (non-hydrogen) atoms. The maximum atomic E-state index is 5.53. The third-order valence-corrected chi connectivity index (χ3v) is 5.33. The molecule has 4 nitrogen and oxygen atoms in total. The highest BCUT2D eigenvalue weighted by atomic mass is 32.1. The van der Waals surface area contributed by atoms with E-state index in [0.717, 1.165) is 32.1 Å². The van der Waals surface area contributed by atoms with Crippen molar-refractivity contribution in [2.75, 3.05) is 31.6 Å². The van der Waals surface area contributed by atoms with Gasteiger partial charge in [0.05, 0.1) is 11.8 Å². The number of aromatic nitrogens is 1. The van der Waals surface area contributed by atoms with Gasteiger partial charge in [-0.05, 0) is 32.2 Å². The minimum absolute atomic E-state index is 0.370. The fourth-order valence-electron chi connectivity index (χ4n) is 2.83. The van der Waals surface area contributed by atoms with Crippen LogP contribution < -0.4 is 10.2 Å². The maximum absolute atomic E-state index is 5.53. The topological polar surface area (TPSA) is 37.4 Å². The van der Waals surface area contributed by atoms with Crippen molar-refractivity contribution < 1.29 is 4.74 Å². The van der Waals surface area contributed by atoms with Crippen molar-refractivity contribution in [3.05, 3.63) is 10.6 Å². The Kier molecular flexibility index (Phi) is 4.58. The summed E-state index contributed by atoms with van der Waals surface area (Å²) in [6.45, 7) is 6.27. The molecule has 5 heteroatoms. The fraction of sp³-hybridized carbons (Fsp3) is 0.800. The first-order valence-electron chi connectivity index (χ1n) is 7.79. The third-order valence-electron chi connectivity index (χ3n) is 4.20. The van der Waals surface area contributed by atoms with Crippen LogP contribution in [-0.2, 0) is 11.3 Å². The number of rotatable bonds is 6. The highest BCUT2D eigenvalue weighted by molar-refractivity contribution is 7.15. The Morgan fingerprint density at radius 1 is 1.40 bits per heavy atom. The molecule has 1 atom stereocenters. The van der Waals surface area contributed by atoms with E-state index in [4.69, 9.17) is 9.72 Å². The summed E-state index contributed by atoms with van der Waals surface area (Å²) in [7, 11) is 1.82. The van der Waals surface area contributed by atoms with E-state index in [1.165, 1.54) is 41.4 Å². The van der Waals surface area contributed by atoms with Crippen LogP contribution in [0.5, 0.6) is 0 Å². The third kappa shape index (κ3) is 3.15. The SMILES string of the molecule is CCNCc1sc(N2CCCC(OC)C2)nc1C1CC1. The first kappa shape index (κ1) is 14.3. The highest BCUT2D eigenvalue weighted by Gasteiger charge is 2.31. The lowest BCUT2D eigenvalue weighted by Gasteiger charge is -2.31. The van der Waals surface area contributed by atoms with Crippen molar-refractivity contribution in [1.82, 2.24) is 10.3 Å². The molecule has 0 aromatic carbocycles. The molecule has 0 amide bonds. The second-order valence-electron chi connectivity index (χ2n) is 5.81. The van der Waals surface area contributed by atoms with Gasteiger partial charge in [0, 0.05) is 37.5 Å². The summed E-state index contributed by atoms with van der Waals surface area (Å²) < 4.78 is 5.53. The van der Waals surface area contributed by atoms with Gasteiger partial charge in [-0.25, -0.2) is 4.98 Å². The number of methoxy groups -OCH3 is 1. The molecule has 1 saturated carbocycles. The van der Waals surface area contributed by atoms with Crippen LogP contribution in [0.15, 0.2) is 0 Å². The molecule has 1 unspecified atom stereocenters. The summed E-state index contributed by atoms with van der Waals surface area (Å²) in [4.78, 5) is 8.83. The molecule has 0 spiro atoms. The molecule has 1 aromatic heterocycles. The smallest absolute Gasteiger partial charge is 0.185 e. The number of ether oxygens (including phenoxy) is 1. The van der Waals surface area contributed by atoms with Gasteiger partial charge in [-0.15, -0.1) is 11.3 Å². The average molecular weight is 295 g/mol. The normalized spacial score (nSPS) is 23.3. The molecule has 1 saturated heterocycles. The number of thiazole rings is 1. The van der Waals surface area contributed by atoms with Crippen LogP contribution in [-0.4, -0.2) is 37.8 Å². The molecule has 1 aromatic rings. The van der Waals surface area contributed by atoms with Crippen LogP contribution in [0.3, 0.4) is 0 Å². The zero-order chi connectivity index (χ0) is 13.9. The van der Waals surface area contributed by atoms with Crippen molar-refractivity contribution in [3.63, 3.8) is 0 Å². The molecular formula is C15H25N3OS. The van der Waals surface area contributed by atoms with E-state index in [0.29, 0.717) is 6.10 Å². The van der Waals surface area contributed by atoms with E-state index < -0.39 is 0 Å². The van der Waals surface area contributed by atoms with Gasteiger partial charge in [0.15, 0.2) is 5.13 Å². The Balaban J connectivity index is 1.75. The van der Waals surface area contributed by atoms with Crippen LogP contribution in [0, 0.1) is 0 Å². The van der Waals surface area contributed by atoms with Gasteiger partial charge < -0.3 is 15.0 Å². The van der Waals surface area contributed by atoms with Crippen LogP contribution >= 0.6 is 11.3 Å². The zero-order valence-electron chi connectivity index (χ0n) is 12.5. The Hall–Kier alpha value is -0.650. The minimum Gasteiger partial charge on any atom is -0.380 e. The number of nitrogens with zero attached hydrogens (tertiary/aromatic N) is 2. The van der Waals surface area contributed by atoms with Gasteiger partial charge in [0.2, 0.25) is 0 Å². The summed E-state index contributed by atoms with van der Waals surface area (Å²) in [5.41, 5.74) is 1.37. The van der Waals surface area contributed by atoms with Crippen molar-refractivity contribution in [3.8, 4) is 0 Å². The van der Waals surface area contributed by atoms with E-state index in [-0.39, 0.29) is 0 Å². The monoisotopic (exact) mass is 295 g/mol. The molecular weight excluding hydrogens is 270 g/mol. The maximum Gasteiger partial charge on any atom is 0.185 e. The lowest BCUT2D eigenvalue weighted by atomic mass is 10.1. The lowest BCUT2D eigenvalue weighted by Crippen LogP contribution is -2.39. The van der Waals surface area contributed by atoms with E-state index in [9.17, 15) is 0 Å². The van der Waals surface area contributed by atoms with Gasteiger partial charge >= 0.3 is 0 Å². The zero-order valence-corrected chi connectivity index (χ0v) is 13.3. The molecule has 2 fully saturated rings. The second kappa shape index (κ2) is 6.41. The standard InChI is InChI=1S/C15H25N3OS/c1-3-16-9-13-14(11-6-7-11)17-15(20-13)18-8-4-5-12(10-18)19-2/h11-12,16H,3-10H2,1-2H3. The highest BCUT2D eigenvalue weighted by Crippen LogP contribution is 2.44. The second-order valence-corrected chi connectivity index (χ2v) is 6.87. The number of hydrogen-bond acceptors (Lipinski definition) is 5. The molecule has 1 aliphatic carbocycles. The minimum atomic E-state index is 0.370. The van der Waals surface area contributed by atoms with Crippen LogP contribution in [0.25, 0.3) is 0 Å². The quantitative estimate of drug-likeness (QED) is 0.875. The Labute approximate surface area is 125 Å². The predicted octanol–water partition coefficient (Wildman–Crippen LogP) is 2.75. The molecule has 3 rings (SSSR count). The molecule has 112 valence electrons. The first-order valence-corrected chi connectivity index (χ1v) is 8.61. The number of anilines is 1. The van der Waals surface area contributed by atoms with E-state index in [1.807, 2.05) is 18.4 Å². The van der Waals surface area contributed by atoms with E-state index >= 15 is 0 Å². The number of nitrogens with one attached hydrogen (secondary N) is 1. The van der Waals surface area contributed by atoms with E-state index in [1.54, 1.807) is 0 Å². The van der Waals surface area contributed by atoms with Gasteiger partial charge in [-0.2, -0.15) is 0 Å². The van der Waals surface area contributed by atoms with Gasteiger partial charge in [0.25, 0.3) is 0 Å². The van der Waals surface area contributed by atoms with E-state index in [2.05, 4.69) is 17.1 Å². The summed E-state index contributed by atoms with van der Waals surface area (Å²) in [6, 6.07) is 0. The average Bonchev–Trinajstić information content (AvgIpc) is 3.25. The van der Waals surface area contributed by atoms with Crippen LogP contribution in [0.2, 0.25) is 0 Å². The van der Waals surface area contributed by atoms with Gasteiger partial charge in [0.1, 0.15) is 0 Å². The Morgan fingerprint density at radius 2 is 2.25 bits per heavy atom. The van der Waals surface area contributed by atoms with Gasteiger partial charge in [-0.1, -0.05) is 6.92 Å². The van der Waals surface area contributed by atoms with Crippen molar-refractivity contribution in [2.45, 2.75) is 51.2 Å². The molecule has 1 N–H and O–H groups in total. The molecule has 0 bridgehead atoms. The van der Waals surface area contributed by atoms with Crippen LogP contribution in [0.4, 0.5) is 5.13 Å². The Morgan fingerprint density at radius 3 is 2.95 bits per heavy atom. The summed E-state index contributed by atoms with van der Waals surface area (Å²) in [5, 5.41) is 4.66. The summed E-state index contributed by atoms with van der Waals surface area (Å²) >= 11 is 1.88. The van der Waals surface area contributed by atoms with Crippen LogP contribution in [0.1, 0.15) is 49.1 Å². The number of piperidine rings is 1.